The van der Waals surface area contributed by atoms with E-state index in [1.165, 1.54) is 24.3 Å². The van der Waals surface area contributed by atoms with Gasteiger partial charge in [-0.25, -0.2) is 27.2 Å². The van der Waals surface area contributed by atoms with Gasteiger partial charge in [0.1, 0.15) is 0 Å². The van der Waals surface area contributed by atoms with E-state index in [4.69, 9.17) is 18.9 Å². The normalized spacial score (nSPS) is 18.1. The number of hydrogen-bond acceptors (Lipinski definition) is 9. The van der Waals surface area contributed by atoms with Crippen LogP contribution in [0.3, 0.4) is 0 Å². The molecule has 0 aliphatic carbocycles. The molecule has 0 spiro atoms. The van der Waals surface area contributed by atoms with E-state index < -0.39 is 53.2 Å². The highest BCUT2D eigenvalue weighted by Gasteiger charge is 2.26. The van der Waals surface area contributed by atoms with E-state index in [-0.39, 0.29) is 22.9 Å². The zero-order valence-electron chi connectivity index (χ0n) is 21.1. The first-order valence-electron chi connectivity index (χ1n) is 12.1. The van der Waals surface area contributed by atoms with Gasteiger partial charge >= 0.3 is 0 Å². The van der Waals surface area contributed by atoms with Crippen molar-refractivity contribution in [3.8, 4) is 11.5 Å². The van der Waals surface area contributed by atoms with Crippen molar-refractivity contribution in [3.63, 3.8) is 0 Å². The molecule has 2 aromatic rings. The van der Waals surface area contributed by atoms with E-state index in [1.54, 1.807) is 10.0 Å². The summed E-state index contributed by atoms with van der Waals surface area (Å²) in [5, 5.41) is 3.12. The number of nitrogens with zero attached hydrogens (tertiary/aromatic N) is 4. The summed E-state index contributed by atoms with van der Waals surface area (Å²) >= 11 is -4.90. The Morgan fingerprint density at radius 1 is 0.775 bits per heavy atom. The Morgan fingerprint density at radius 2 is 1.15 bits per heavy atom. The maximum atomic E-state index is 14.7. The molecule has 2 N–H and O–H groups in total. The number of rotatable bonds is 12. The zero-order chi connectivity index (χ0) is 28.6. The Hall–Kier alpha value is -2.77. The first kappa shape index (κ1) is 30.2. The van der Waals surface area contributed by atoms with E-state index >= 15 is 0 Å². The summed E-state index contributed by atoms with van der Waals surface area (Å²) in [5.74, 6) is -2.87. The predicted octanol–water partition coefficient (Wildman–Crippen LogP) is 1.37. The van der Waals surface area contributed by atoms with Crippen LogP contribution in [0.5, 0.6) is 11.5 Å². The Morgan fingerprint density at radius 3 is 1.48 bits per heavy atom. The maximum Gasteiger partial charge on any atom is 0.277 e. The zero-order valence-corrected chi connectivity index (χ0v) is 22.8. The molecule has 2 heterocycles. The van der Waals surface area contributed by atoms with Crippen molar-refractivity contribution in [2.45, 2.75) is 0 Å². The summed E-state index contributed by atoms with van der Waals surface area (Å²) in [7, 11) is 0. The van der Waals surface area contributed by atoms with Crippen LogP contribution in [-0.2, 0) is 36.8 Å². The number of morpholine rings is 2. The van der Waals surface area contributed by atoms with Crippen LogP contribution in [-0.4, -0.2) is 99.1 Å². The fraction of sp³-hybridized carbons (Fsp3) is 0.435. The fourth-order valence-corrected chi connectivity index (χ4v) is 5.29. The lowest BCUT2D eigenvalue weighted by atomic mass is 10.3. The molecule has 4 rings (SSSR count). The van der Waals surface area contributed by atoms with E-state index in [9.17, 15) is 31.1 Å². The number of hydrazine groups is 2. The highest BCUT2D eigenvalue weighted by molar-refractivity contribution is 7.80. The molecule has 2 saturated heterocycles. The molecule has 220 valence electrons. The van der Waals surface area contributed by atoms with Gasteiger partial charge in [0.25, 0.3) is 22.5 Å². The molecule has 0 radical (unpaired) electrons. The van der Waals surface area contributed by atoms with Gasteiger partial charge < -0.3 is 18.9 Å². The molecule has 0 amide bonds. The molecule has 2 aliphatic heterocycles. The summed E-state index contributed by atoms with van der Waals surface area (Å²) in [6.07, 6.45) is 0. The average Bonchev–Trinajstić information content (AvgIpc) is 2.93. The first-order chi connectivity index (χ1) is 19.2. The molecule has 40 heavy (non-hydrogen) atoms. The van der Waals surface area contributed by atoms with E-state index in [0.717, 1.165) is 21.0 Å². The van der Waals surface area contributed by atoms with Crippen molar-refractivity contribution >= 4 is 39.7 Å². The number of carbonyl (C=O) groups excluding carboxylic acids is 1. The summed E-state index contributed by atoms with van der Waals surface area (Å²) < 4.78 is 95.4. The lowest BCUT2D eigenvalue weighted by Crippen LogP contribution is -2.49. The number of ether oxygens (including phenoxy) is 4. The fourth-order valence-electron chi connectivity index (χ4n) is 3.98. The van der Waals surface area contributed by atoms with Crippen molar-refractivity contribution in [1.29, 1.82) is 0 Å². The van der Waals surface area contributed by atoms with Gasteiger partial charge in [-0.2, -0.15) is 8.83 Å². The minimum atomic E-state index is -2.45. The largest absolute Gasteiger partial charge is 0.483 e. The SMILES string of the molecule is O=C(COc1ccc(N(N2CCOCC2)S(=O)O)cc1F)COc1ccc(N(N2CCOCC2)S(=O)O)cc1F. The van der Waals surface area contributed by atoms with Crippen molar-refractivity contribution in [1.82, 2.24) is 10.0 Å². The van der Waals surface area contributed by atoms with Crippen LogP contribution in [0, 0.1) is 11.6 Å². The predicted molar refractivity (Wildman–Crippen MR) is 140 cm³/mol. The van der Waals surface area contributed by atoms with Gasteiger partial charge in [-0.05, 0) is 24.3 Å². The molecule has 17 heteroatoms. The molecular weight excluding hydrogens is 578 g/mol. The van der Waals surface area contributed by atoms with Crippen molar-refractivity contribution < 1.29 is 50.0 Å². The molecule has 0 aromatic heterocycles. The van der Waals surface area contributed by atoms with Crippen LogP contribution >= 0.6 is 0 Å². The topological polar surface area (TPSA) is 142 Å². The van der Waals surface area contributed by atoms with E-state index in [1.807, 2.05) is 0 Å². The number of hydrogen-bond donors (Lipinski definition) is 2. The molecular formula is C23H28F2N4O9S2. The lowest BCUT2D eigenvalue weighted by Gasteiger charge is -2.35. The van der Waals surface area contributed by atoms with Crippen LogP contribution in [0.25, 0.3) is 0 Å². The minimum Gasteiger partial charge on any atom is -0.483 e. The van der Waals surface area contributed by atoms with E-state index in [2.05, 4.69) is 0 Å². The summed E-state index contributed by atoms with van der Waals surface area (Å²) in [4.78, 5) is 12.3. The summed E-state index contributed by atoms with van der Waals surface area (Å²) in [5.41, 5.74) is 0.219. The quantitative estimate of drug-likeness (QED) is 0.339. The van der Waals surface area contributed by atoms with Crippen molar-refractivity contribution in [2.24, 2.45) is 0 Å². The molecule has 0 saturated carbocycles. The third-order valence-electron chi connectivity index (χ3n) is 5.83. The third-order valence-corrected chi connectivity index (χ3v) is 7.31. The molecule has 2 unspecified atom stereocenters. The van der Waals surface area contributed by atoms with Crippen LogP contribution in [0.1, 0.15) is 0 Å². The number of benzene rings is 2. The van der Waals surface area contributed by atoms with Gasteiger partial charge in [0, 0.05) is 38.3 Å². The Balaban J connectivity index is 1.32. The van der Waals surface area contributed by atoms with Gasteiger partial charge in [0.05, 0.1) is 37.8 Å². The number of halogens is 2. The molecule has 2 fully saturated rings. The standard InChI is InChI=1S/C23H28F2N4O9S2/c24-20-13-17(28(39(31)32)26-5-9-35-10-6-26)1-3-22(20)37-15-19(30)16-38-23-4-2-18(14-21(23)25)29(40(33)34)27-7-11-36-12-8-27/h1-4,13-14H,5-12,15-16H2,(H,31,32)(H,33,34). The van der Waals surface area contributed by atoms with Crippen LogP contribution in [0.2, 0.25) is 0 Å². The Labute approximate surface area is 233 Å². The second-order valence-corrected chi connectivity index (χ2v) is 10.1. The molecule has 2 atom stereocenters. The number of ketones is 1. The van der Waals surface area contributed by atoms with Gasteiger partial charge in [-0.1, -0.05) is 0 Å². The Bertz CT molecular complexity index is 1140. The average molecular weight is 607 g/mol. The Kier molecular flexibility index (Phi) is 10.7. The number of anilines is 2. The summed E-state index contributed by atoms with van der Waals surface area (Å²) in [6, 6.07) is 7.22. The molecule has 2 aromatic carbocycles. The minimum absolute atomic E-state index is 0.110. The van der Waals surface area contributed by atoms with Crippen LogP contribution < -0.4 is 18.3 Å². The highest BCUT2D eigenvalue weighted by atomic mass is 32.2. The second kappa shape index (κ2) is 14.2. The molecule has 0 bridgehead atoms. The highest BCUT2D eigenvalue weighted by Crippen LogP contribution is 2.28. The second-order valence-electron chi connectivity index (χ2n) is 8.48. The number of carbonyl (C=O) groups is 1. The molecule has 13 nitrogen and oxygen atoms in total. The van der Waals surface area contributed by atoms with Gasteiger partial charge in [0.2, 0.25) is 5.78 Å². The van der Waals surface area contributed by atoms with Gasteiger partial charge in [-0.3, -0.25) is 13.9 Å². The lowest BCUT2D eigenvalue weighted by molar-refractivity contribution is -0.123. The monoisotopic (exact) mass is 606 g/mol. The van der Waals surface area contributed by atoms with Crippen molar-refractivity contribution in [3.05, 3.63) is 48.0 Å². The smallest absolute Gasteiger partial charge is 0.277 e. The molecule has 2 aliphatic rings. The first-order valence-corrected chi connectivity index (χ1v) is 14.2. The maximum absolute atomic E-state index is 14.7. The third kappa shape index (κ3) is 7.70. The summed E-state index contributed by atoms with van der Waals surface area (Å²) in [6.45, 7) is 1.63. The van der Waals surface area contributed by atoms with Crippen LogP contribution in [0.15, 0.2) is 36.4 Å². The van der Waals surface area contributed by atoms with Crippen molar-refractivity contribution in [2.75, 3.05) is 74.6 Å². The van der Waals surface area contributed by atoms with Gasteiger partial charge in [0.15, 0.2) is 36.3 Å². The van der Waals surface area contributed by atoms with Crippen LogP contribution in [0.4, 0.5) is 20.2 Å². The number of Topliss-reactive ketones (excluding diaryl/α,β-unsaturated/α-hetero) is 1. The van der Waals surface area contributed by atoms with Gasteiger partial charge in [-0.15, -0.1) is 0 Å². The van der Waals surface area contributed by atoms with E-state index in [0.29, 0.717) is 52.6 Å².